The molecule has 1 amide bonds. The standard InChI is InChI=1S/C22H23NO5/c1-13(15-5-6-17-10-18(27-4)8-7-16(17)9-15)21(24)23(3)12-19-11-20(22(25)26)14(2)28-19/h5-11,13H,12H2,1-4H3,(H,25,26). The van der Waals surface area contributed by atoms with Gasteiger partial charge in [-0.2, -0.15) is 0 Å². The van der Waals surface area contributed by atoms with Crippen molar-refractivity contribution >= 4 is 22.6 Å². The Hall–Kier alpha value is -3.28. The molecule has 6 heteroatoms. The van der Waals surface area contributed by atoms with Gasteiger partial charge in [-0.3, -0.25) is 4.79 Å². The highest BCUT2D eigenvalue weighted by Gasteiger charge is 2.22. The van der Waals surface area contributed by atoms with E-state index >= 15 is 0 Å². The lowest BCUT2D eigenvalue weighted by Gasteiger charge is -2.21. The number of likely N-dealkylation sites (N-methyl/N-ethyl adjacent to an activating group) is 1. The third-order valence-corrected chi connectivity index (χ3v) is 4.91. The Labute approximate surface area is 163 Å². The van der Waals surface area contributed by atoms with Crippen LogP contribution < -0.4 is 4.74 Å². The number of carbonyl (C=O) groups excluding carboxylic acids is 1. The van der Waals surface area contributed by atoms with Gasteiger partial charge in [-0.05, 0) is 48.4 Å². The van der Waals surface area contributed by atoms with Gasteiger partial charge in [0.2, 0.25) is 5.91 Å². The number of aryl methyl sites for hydroxylation is 1. The van der Waals surface area contributed by atoms with E-state index < -0.39 is 5.97 Å². The molecule has 0 radical (unpaired) electrons. The first-order valence-electron chi connectivity index (χ1n) is 8.95. The summed E-state index contributed by atoms with van der Waals surface area (Å²) >= 11 is 0. The maximum atomic E-state index is 12.9. The number of rotatable bonds is 6. The molecule has 2 aromatic carbocycles. The molecule has 0 saturated carbocycles. The number of benzene rings is 2. The summed E-state index contributed by atoms with van der Waals surface area (Å²) in [5.74, 6) is 0.122. The average molecular weight is 381 g/mol. The van der Waals surface area contributed by atoms with Crippen molar-refractivity contribution < 1.29 is 23.8 Å². The number of fused-ring (bicyclic) bond motifs is 1. The van der Waals surface area contributed by atoms with Crippen molar-refractivity contribution in [1.82, 2.24) is 4.90 Å². The van der Waals surface area contributed by atoms with Crippen molar-refractivity contribution in [3.05, 3.63) is 65.1 Å². The largest absolute Gasteiger partial charge is 0.497 e. The Morgan fingerprint density at radius 1 is 1.14 bits per heavy atom. The molecule has 1 heterocycles. The van der Waals surface area contributed by atoms with Crippen molar-refractivity contribution in [1.29, 1.82) is 0 Å². The zero-order valence-electron chi connectivity index (χ0n) is 16.4. The summed E-state index contributed by atoms with van der Waals surface area (Å²) in [5, 5.41) is 11.2. The number of amides is 1. The number of methoxy groups -OCH3 is 1. The minimum Gasteiger partial charge on any atom is -0.497 e. The predicted octanol–water partition coefficient (Wildman–Crippen LogP) is 4.21. The average Bonchev–Trinajstić information content (AvgIpc) is 3.06. The molecule has 6 nitrogen and oxygen atoms in total. The lowest BCUT2D eigenvalue weighted by atomic mass is 9.96. The molecule has 0 bridgehead atoms. The fraction of sp³-hybridized carbons (Fsp3) is 0.273. The lowest BCUT2D eigenvalue weighted by Crippen LogP contribution is -2.30. The maximum absolute atomic E-state index is 12.9. The van der Waals surface area contributed by atoms with Gasteiger partial charge in [-0.15, -0.1) is 0 Å². The Kier molecular flexibility index (Phi) is 5.40. The molecule has 0 aliphatic heterocycles. The first-order valence-corrected chi connectivity index (χ1v) is 8.95. The molecule has 0 saturated heterocycles. The molecule has 1 unspecified atom stereocenters. The summed E-state index contributed by atoms with van der Waals surface area (Å²) in [7, 11) is 3.31. The molecule has 28 heavy (non-hydrogen) atoms. The number of hydrogen-bond acceptors (Lipinski definition) is 4. The minimum atomic E-state index is -1.04. The Morgan fingerprint density at radius 3 is 2.46 bits per heavy atom. The number of nitrogens with zero attached hydrogens (tertiary/aromatic N) is 1. The Morgan fingerprint density at radius 2 is 1.82 bits per heavy atom. The molecule has 3 aromatic rings. The van der Waals surface area contributed by atoms with E-state index in [1.165, 1.54) is 6.07 Å². The lowest BCUT2D eigenvalue weighted by molar-refractivity contribution is -0.131. The van der Waals surface area contributed by atoms with Gasteiger partial charge in [0.1, 0.15) is 22.8 Å². The SMILES string of the molecule is COc1ccc2cc(C(C)C(=O)N(C)Cc3cc(C(=O)O)c(C)o3)ccc2c1. The van der Waals surface area contributed by atoms with Crippen LogP contribution in [0.3, 0.4) is 0 Å². The normalized spacial score (nSPS) is 12.0. The highest BCUT2D eigenvalue weighted by atomic mass is 16.5. The molecule has 0 fully saturated rings. The number of carboxylic acids is 1. The Balaban J connectivity index is 1.76. The zero-order chi connectivity index (χ0) is 20.4. The quantitative estimate of drug-likeness (QED) is 0.692. The third kappa shape index (κ3) is 3.86. The summed E-state index contributed by atoms with van der Waals surface area (Å²) in [4.78, 5) is 25.6. The van der Waals surface area contributed by atoms with E-state index in [1.807, 2.05) is 43.3 Å². The van der Waals surface area contributed by atoms with Gasteiger partial charge in [0.05, 0.1) is 19.6 Å². The highest BCUT2D eigenvalue weighted by Crippen LogP contribution is 2.26. The van der Waals surface area contributed by atoms with E-state index in [9.17, 15) is 9.59 Å². The highest BCUT2D eigenvalue weighted by molar-refractivity contribution is 5.89. The van der Waals surface area contributed by atoms with Crippen LogP contribution in [0.15, 0.2) is 46.9 Å². The van der Waals surface area contributed by atoms with Crippen molar-refractivity contribution in [3.63, 3.8) is 0 Å². The molecule has 0 spiro atoms. The maximum Gasteiger partial charge on any atom is 0.339 e. The third-order valence-electron chi connectivity index (χ3n) is 4.91. The van der Waals surface area contributed by atoms with Crippen LogP contribution in [0.1, 0.15) is 40.3 Å². The van der Waals surface area contributed by atoms with Crippen LogP contribution >= 0.6 is 0 Å². The number of ether oxygens (including phenoxy) is 1. The van der Waals surface area contributed by atoms with Crippen LogP contribution in [0.2, 0.25) is 0 Å². The topological polar surface area (TPSA) is 80.0 Å². The van der Waals surface area contributed by atoms with Crippen LogP contribution in [0.5, 0.6) is 5.75 Å². The summed E-state index contributed by atoms with van der Waals surface area (Å²) in [6, 6.07) is 13.2. The fourth-order valence-electron chi connectivity index (χ4n) is 3.26. The molecule has 146 valence electrons. The molecule has 1 N–H and O–H groups in total. The molecule has 3 rings (SSSR count). The molecular weight excluding hydrogens is 358 g/mol. The van der Waals surface area contributed by atoms with Gasteiger partial charge in [0.25, 0.3) is 0 Å². The number of hydrogen-bond donors (Lipinski definition) is 1. The van der Waals surface area contributed by atoms with Gasteiger partial charge in [-0.1, -0.05) is 24.3 Å². The predicted molar refractivity (Wildman–Crippen MR) is 106 cm³/mol. The number of furan rings is 1. The van der Waals surface area contributed by atoms with Crippen molar-refractivity contribution in [2.45, 2.75) is 26.3 Å². The zero-order valence-corrected chi connectivity index (χ0v) is 16.4. The van der Waals surface area contributed by atoms with Gasteiger partial charge in [-0.25, -0.2) is 4.79 Å². The van der Waals surface area contributed by atoms with E-state index in [1.54, 1.807) is 26.0 Å². The van der Waals surface area contributed by atoms with Crippen LogP contribution in [0.25, 0.3) is 10.8 Å². The van der Waals surface area contributed by atoms with Crippen LogP contribution in [0.4, 0.5) is 0 Å². The number of carboxylic acid groups (broad SMARTS) is 1. The van der Waals surface area contributed by atoms with Gasteiger partial charge < -0.3 is 19.2 Å². The van der Waals surface area contributed by atoms with Crippen molar-refractivity contribution in [2.75, 3.05) is 14.2 Å². The summed E-state index contributed by atoms with van der Waals surface area (Å²) in [6.07, 6.45) is 0. The Bertz CT molecular complexity index is 1040. The summed E-state index contributed by atoms with van der Waals surface area (Å²) < 4.78 is 10.7. The second-order valence-electron chi connectivity index (χ2n) is 6.88. The van der Waals surface area contributed by atoms with E-state index in [0.717, 1.165) is 22.1 Å². The molecule has 0 aliphatic carbocycles. The van der Waals surface area contributed by atoms with Crippen LogP contribution in [-0.4, -0.2) is 36.0 Å². The minimum absolute atomic E-state index is 0.0706. The first kappa shape index (κ1) is 19.5. The second-order valence-corrected chi connectivity index (χ2v) is 6.88. The number of carbonyl (C=O) groups is 2. The van der Waals surface area contributed by atoms with Gasteiger partial charge in [0, 0.05) is 7.05 Å². The molecular formula is C22H23NO5. The molecule has 0 aliphatic rings. The summed E-state index contributed by atoms with van der Waals surface area (Å²) in [6.45, 7) is 3.67. The van der Waals surface area contributed by atoms with Crippen LogP contribution in [0, 0.1) is 6.92 Å². The second kappa shape index (κ2) is 7.76. The van der Waals surface area contributed by atoms with Gasteiger partial charge >= 0.3 is 5.97 Å². The summed E-state index contributed by atoms with van der Waals surface area (Å²) in [5.41, 5.74) is 1.03. The smallest absolute Gasteiger partial charge is 0.339 e. The molecule has 1 aromatic heterocycles. The van der Waals surface area contributed by atoms with Gasteiger partial charge in [0.15, 0.2) is 0 Å². The van der Waals surface area contributed by atoms with E-state index in [2.05, 4.69) is 0 Å². The first-order chi connectivity index (χ1) is 13.3. The van der Waals surface area contributed by atoms with Crippen molar-refractivity contribution in [3.8, 4) is 5.75 Å². The van der Waals surface area contributed by atoms with E-state index in [0.29, 0.717) is 11.5 Å². The van der Waals surface area contributed by atoms with E-state index in [-0.39, 0.29) is 23.9 Å². The monoisotopic (exact) mass is 381 g/mol. The number of aromatic carboxylic acids is 1. The van der Waals surface area contributed by atoms with Crippen molar-refractivity contribution in [2.24, 2.45) is 0 Å². The van der Waals surface area contributed by atoms with E-state index in [4.69, 9.17) is 14.3 Å². The molecule has 1 atom stereocenters. The fourth-order valence-corrected chi connectivity index (χ4v) is 3.26. The van der Waals surface area contributed by atoms with Crippen LogP contribution in [-0.2, 0) is 11.3 Å².